The third kappa shape index (κ3) is 6.89. The van der Waals surface area contributed by atoms with Crippen molar-refractivity contribution in [2.45, 2.75) is 57.3 Å². The Morgan fingerprint density at radius 1 is 1.33 bits per heavy atom. The second-order valence-electron chi connectivity index (χ2n) is 5.85. The lowest BCUT2D eigenvalue weighted by Gasteiger charge is -2.19. The second kappa shape index (κ2) is 8.97. The van der Waals surface area contributed by atoms with E-state index < -0.39 is 18.2 Å². The van der Waals surface area contributed by atoms with Crippen molar-refractivity contribution >= 4 is 5.97 Å². The number of hydrogen-bond acceptors (Lipinski definition) is 4. The summed E-state index contributed by atoms with van der Waals surface area (Å²) in [7, 11) is 0. The number of unbranched alkanes of at least 4 members (excludes halogenated alkanes) is 1. The molecule has 0 bridgehead atoms. The number of carbonyl (C=O) groups is 1. The molecule has 0 radical (unpaired) electrons. The Bertz CT molecular complexity index is 375. The van der Waals surface area contributed by atoms with Gasteiger partial charge in [0.25, 0.3) is 0 Å². The first-order chi connectivity index (χ1) is 9.90. The Morgan fingerprint density at radius 2 is 2.05 bits per heavy atom. The zero-order valence-corrected chi connectivity index (χ0v) is 12.4. The number of allylic oxidation sites excluding steroid dienone is 2. The molecule has 120 valence electrons. The number of carboxylic acids is 1. The number of rotatable bonds is 8. The van der Waals surface area contributed by atoms with Gasteiger partial charge >= 0.3 is 5.97 Å². The first-order valence-corrected chi connectivity index (χ1v) is 7.52. The predicted octanol–water partition coefficient (Wildman–Crippen LogP) is 1.48. The van der Waals surface area contributed by atoms with Crippen molar-refractivity contribution in [3.8, 4) is 0 Å². The van der Waals surface area contributed by atoms with Gasteiger partial charge in [-0.2, -0.15) is 0 Å². The Balaban J connectivity index is 2.50. The summed E-state index contributed by atoms with van der Waals surface area (Å²) < 4.78 is 0. The average molecular weight is 298 g/mol. The van der Waals surface area contributed by atoms with E-state index in [4.69, 9.17) is 5.11 Å². The largest absolute Gasteiger partial charge is 0.478 e. The molecule has 21 heavy (non-hydrogen) atoms. The third-order valence-electron chi connectivity index (χ3n) is 3.89. The highest BCUT2D eigenvalue weighted by molar-refractivity contribution is 5.79. The molecule has 0 aromatic carbocycles. The molecule has 1 saturated carbocycles. The summed E-state index contributed by atoms with van der Waals surface area (Å²) in [6, 6.07) is 0. The van der Waals surface area contributed by atoms with Crippen LogP contribution in [0.2, 0.25) is 0 Å². The van der Waals surface area contributed by atoms with Crippen LogP contribution in [0, 0.1) is 11.8 Å². The molecule has 4 N–H and O–H groups in total. The maximum absolute atomic E-state index is 10.5. The maximum Gasteiger partial charge on any atom is 0.328 e. The van der Waals surface area contributed by atoms with Crippen LogP contribution in [0.3, 0.4) is 0 Å². The predicted molar refractivity (Wildman–Crippen MR) is 79.7 cm³/mol. The minimum absolute atomic E-state index is 0.0556. The Kier molecular flexibility index (Phi) is 7.64. The van der Waals surface area contributed by atoms with Gasteiger partial charge in [0, 0.05) is 6.08 Å². The van der Waals surface area contributed by atoms with Gasteiger partial charge in [-0.15, -0.1) is 0 Å². The van der Waals surface area contributed by atoms with E-state index in [-0.39, 0.29) is 17.9 Å². The van der Waals surface area contributed by atoms with Gasteiger partial charge in [-0.05, 0) is 56.9 Å². The Hall–Kier alpha value is -1.17. The molecule has 0 aromatic heterocycles. The first kappa shape index (κ1) is 17.9. The van der Waals surface area contributed by atoms with E-state index in [9.17, 15) is 20.1 Å². The molecule has 0 spiro atoms. The molecule has 0 aliphatic heterocycles. The van der Waals surface area contributed by atoms with Crippen LogP contribution in [0.25, 0.3) is 0 Å². The number of aliphatic carboxylic acids is 1. The van der Waals surface area contributed by atoms with Crippen molar-refractivity contribution in [1.82, 2.24) is 0 Å². The van der Waals surface area contributed by atoms with E-state index in [1.165, 1.54) is 6.08 Å². The van der Waals surface area contributed by atoms with Gasteiger partial charge in [0.05, 0.1) is 18.3 Å². The van der Waals surface area contributed by atoms with Gasteiger partial charge in [0.1, 0.15) is 0 Å². The third-order valence-corrected chi connectivity index (χ3v) is 3.89. The molecule has 5 atom stereocenters. The van der Waals surface area contributed by atoms with E-state index in [1.807, 2.05) is 12.2 Å². The highest BCUT2D eigenvalue weighted by atomic mass is 16.4. The summed E-state index contributed by atoms with van der Waals surface area (Å²) in [6.45, 7) is 1.76. The van der Waals surface area contributed by atoms with Crippen molar-refractivity contribution in [3.63, 3.8) is 0 Å². The quantitative estimate of drug-likeness (QED) is 0.309. The molecule has 1 aliphatic carbocycles. The lowest BCUT2D eigenvalue weighted by molar-refractivity contribution is -0.131. The number of aliphatic hydroxyl groups is 3. The number of hydrogen-bond donors (Lipinski definition) is 4. The van der Waals surface area contributed by atoms with Crippen LogP contribution in [0.15, 0.2) is 24.3 Å². The van der Waals surface area contributed by atoms with Crippen molar-refractivity contribution in [2.75, 3.05) is 0 Å². The molecular weight excluding hydrogens is 272 g/mol. The van der Waals surface area contributed by atoms with Crippen molar-refractivity contribution in [1.29, 1.82) is 0 Å². The first-order valence-electron chi connectivity index (χ1n) is 7.52. The molecular formula is C16H26O5. The zero-order valence-electron chi connectivity index (χ0n) is 12.4. The summed E-state index contributed by atoms with van der Waals surface area (Å²) in [6.07, 6.45) is 8.22. The minimum Gasteiger partial charge on any atom is -0.478 e. The van der Waals surface area contributed by atoms with E-state index in [0.29, 0.717) is 12.8 Å². The van der Waals surface area contributed by atoms with Crippen molar-refractivity contribution in [3.05, 3.63) is 24.3 Å². The zero-order chi connectivity index (χ0) is 15.8. The fourth-order valence-electron chi connectivity index (χ4n) is 2.81. The molecule has 1 rings (SSSR count). The molecule has 0 amide bonds. The molecule has 1 aliphatic rings. The highest BCUT2D eigenvalue weighted by Gasteiger charge is 2.35. The highest BCUT2D eigenvalue weighted by Crippen LogP contribution is 2.36. The Morgan fingerprint density at radius 3 is 2.67 bits per heavy atom. The monoisotopic (exact) mass is 298 g/mol. The molecule has 1 fully saturated rings. The molecule has 0 heterocycles. The molecule has 5 nitrogen and oxygen atoms in total. The second-order valence-corrected chi connectivity index (χ2v) is 5.85. The van der Waals surface area contributed by atoms with Crippen LogP contribution < -0.4 is 0 Å². The molecule has 0 unspecified atom stereocenters. The van der Waals surface area contributed by atoms with Gasteiger partial charge in [-0.25, -0.2) is 4.79 Å². The van der Waals surface area contributed by atoms with Crippen LogP contribution >= 0.6 is 0 Å². The summed E-state index contributed by atoms with van der Waals surface area (Å²) in [5, 5.41) is 37.5. The fourth-order valence-corrected chi connectivity index (χ4v) is 2.81. The van der Waals surface area contributed by atoms with E-state index in [1.54, 1.807) is 6.92 Å². The van der Waals surface area contributed by atoms with Crippen molar-refractivity contribution < 1.29 is 25.2 Å². The SMILES string of the molecule is C[C@H](O)CCC/C=C/[C@@H]1C[C@H](O)C[C@@H]1[C@H](O)/C=C/C(=O)O. The molecule has 0 aromatic rings. The van der Waals surface area contributed by atoms with E-state index >= 15 is 0 Å². The van der Waals surface area contributed by atoms with Crippen LogP contribution in [0.1, 0.15) is 39.0 Å². The lowest BCUT2D eigenvalue weighted by atomic mass is 9.90. The standard InChI is InChI=1S/C16H26O5/c1-11(17)5-3-2-4-6-12-9-13(18)10-14(12)15(19)7-8-16(20)21/h4,6-8,11-15,17-19H,2-3,5,9-10H2,1H3,(H,20,21)/b6-4+,8-7+/t11-,12+,13-,14-,15+/m0/s1. The normalized spacial score (nSPS) is 29.2. The number of carboxylic acid groups (broad SMARTS) is 1. The van der Waals surface area contributed by atoms with Crippen LogP contribution in [0.4, 0.5) is 0 Å². The topological polar surface area (TPSA) is 98.0 Å². The van der Waals surface area contributed by atoms with Crippen LogP contribution in [0.5, 0.6) is 0 Å². The van der Waals surface area contributed by atoms with Gasteiger partial charge < -0.3 is 20.4 Å². The van der Waals surface area contributed by atoms with Gasteiger partial charge in [-0.3, -0.25) is 0 Å². The number of aliphatic hydroxyl groups excluding tert-OH is 3. The lowest BCUT2D eigenvalue weighted by Crippen LogP contribution is -2.21. The smallest absolute Gasteiger partial charge is 0.328 e. The maximum atomic E-state index is 10.5. The van der Waals surface area contributed by atoms with Crippen LogP contribution in [-0.4, -0.2) is 44.7 Å². The molecule has 5 heteroatoms. The summed E-state index contributed by atoms with van der Waals surface area (Å²) in [4.78, 5) is 10.5. The van der Waals surface area contributed by atoms with Crippen molar-refractivity contribution in [2.24, 2.45) is 11.8 Å². The summed E-state index contributed by atoms with van der Waals surface area (Å²) in [5.41, 5.74) is 0. The average Bonchev–Trinajstić information content (AvgIpc) is 2.76. The van der Waals surface area contributed by atoms with Gasteiger partial charge in [0.15, 0.2) is 0 Å². The van der Waals surface area contributed by atoms with Gasteiger partial charge in [0.2, 0.25) is 0 Å². The minimum atomic E-state index is -1.09. The van der Waals surface area contributed by atoms with E-state index in [2.05, 4.69) is 0 Å². The summed E-state index contributed by atoms with van der Waals surface area (Å²) >= 11 is 0. The van der Waals surface area contributed by atoms with Crippen LogP contribution in [-0.2, 0) is 4.79 Å². The fraction of sp³-hybridized carbons (Fsp3) is 0.688. The summed E-state index contributed by atoms with van der Waals surface area (Å²) in [5.74, 6) is -1.18. The van der Waals surface area contributed by atoms with Gasteiger partial charge in [-0.1, -0.05) is 12.2 Å². The Labute approximate surface area is 125 Å². The van der Waals surface area contributed by atoms with E-state index in [0.717, 1.165) is 25.3 Å². The molecule has 0 saturated heterocycles.